The Kier molecular flexibility index (Phi) is 3.49. The highest BCUT2D eigenvalue weighted by Crippen LogP contribution is 2.22. The lowest BCUT2D eigenvalue weighted by molar-refractivity contribution is -0.134. The molecule has 0 heterocycles. The van der Waals surface area contributed by atoms with E-state index in [4.69, 9.17) is 0 Å². The number of halogens is 3. The number of carbonyl (C=O) groups excluding carboxylic acids is 1. The van der Waals surface area contributed by atoms with Crippen LogP contribution in [0.3, 0.4) is 0 Å². The van der Waals surface area contributed by atoms with Crippen molar-refractivity contribution >= 4 is 21.9 Å². The summed E-state index contributed by atoms with van der Waals surface area (Å²) in [5, 5.41) is 0. The minimum atomic E-state index is -3.14. The fraction of sp³-hybridized carbons (Fsp3) is 0.400. The molecule has 0 aromatic rings. The lowest BCUT2D eigenvalue weighted by Gasteiger charge is -1.97. The molecule has 0 saturated carbocycles. The van der Waals surface area contributed by atoms with Crippen LogP contribution in [0, 0.1) is 0 Å². The van der Waals surface area contributed by atoms with Gasteiger partial charge in [-0.15, -0.1) is 0 Å². The van der Waals surface area contributed by atoms with Crippen molar-refractivity contribution in [2.24, 2.45) is 0 Å². The van der Waals surface area contributed by atoms with Gasteiger partial charge in [-0.3, -0.25) is 0 Å². The van der Waals surface area contributed by atoms with Gasteiger partial charge in [-0.05, 0) is 15.9 Å². The zero-order valence-corrected chi connectivity index (χ0v) is 6.69. The maximum absolute atomic E-state index is 11.8. The molecule has 0 aliphatic heterocycles. The SMILES string of the molecule is COC(=O)C=CC(F)(F)Br. The summed E-state index contributed by atoms with van der Waals surface area (Å²) in [5.41, 5.74) is 0. The van der Waals surface area contributed by atoms with Crippen LogP contribution in [-0.4, -0.2) is 17.9 Å². The first-order chi connectivity index (χ1) is 4.45. The van der Waals surface area contributed by atoms with Gasteiger partial charge >= 0.3 is 10.8 Å². The third kappa shape index (κ3) is 5.68. The monoisotopic (exact) mass is 214 g/mol. The lowest BCUT2D eigenvalue weighted by atomic mass is 10.5. The van der Waals surface area contributed by atoms with Crippen molar-refractivity contribution < 1.29 is 18.3 Å². The van der Waals surface area contributed by atoms with Crippen LogP contribution in [0.15, 0.2) is 12.2 Å². The molecule has 0 aliphatic carbocycles. The molecule has 0 aromatic carbocycles. The molecule has 0 unspecified atom stereocenters. The second kappa shape index (κ2) is 3.65. The Bertz CT molecular complexity index is 150. The minimum Gasteiger partial charge on any atom is -0.466 e. The van der Waals surface area contributed by atoms with E-state index in [2.05, 4.69) is 4.74 Å². The molecule has 0 saturated heterocycles. The standard InChI is InChI=1S/C5H5BrF2O2/c1-10-4(9)2-3-5(6,7)8/h2-3H,1H3. The average molecular weight is 215 g/mol. The number of rotatable bonds is 2. The van der Waals surface area contributed by atoms with Gasteiger partial charge in [-0.1, -0.05) is 0 Å². The van der Waals surface area contributed by atoms with Gasteiger partial charge in [0.2, 0.25) is 0 Å². The van der Waals surface area contributed by atoms with Gasteiger partial charge in [0.05, 0.1) is 7.11 Å². The number of alkyl halides is 3. The molecule has 5 heteroatoms. The van der Waals surface area contributed by atoms with E-state index < -0.39 is 10.8 Å². The number of carbonyl (C=O) groups is 1. The predicted octanol–water partition coefficient (Wildman–Crippen LogP) is 1.70. The Morgan fingerprint density at radius 3 is 2.50 bits per heavy atom. The molecule has 0 atom stereocenters. The first-order valence-corrected chi connectivity index (χ1v) is 3.09. The number of esters is 1. The Morgan fingerprint density at radius 2 is 2.20 bits per heavy atom. The van der Waals surface area contributed by atoms with E-state index in [-0.39, 0.29) is 0 Å². The Balaban J connectivity index is 3.88. The Morgan fingerprint density at radius 1 is 1.70 bits per heavy atom. The summed E-state index contributed by atoms with van der Waals surface area (Å²) < 4.78 is 27.7. The first-order valence-electron chi connectivity index (χ1n) is 2.29. The molecule has 58 valence electrons. The smallest absolute Gasteiger partial charge is 0.330 e. The molecule has 0 aromatic heterocycles. The summed E-state index contributed by atoms with van der Waals surface area (Å²) >= 11 is 2.01. The highest BCUT2D eigenvalue weighted by Gasteiger charge is 2.18. The highest BCUT2D eigenvalue weighted by molar-refractivity contribution is 9.10. The lowest BCUT2D eigenvalue weighted by Crippen LogP contribution is -2.01. The largest absolute Gasteiger partial charge is 0.466 e. The maximum Gasteiger partial charge on any atom is 0.330 e. The van der Waals surface area contributed by atoms with Gasteiger partial charge in [-0.2, -0.15) is 8.78 Å². The zero-order valence-electron chi connectivity index (χ0n) is 5.11. The van der Waals surface area contributed by atoms with Crippen LogP contribution >= 0.6 is 15.9 Å². The highest BCUT2D eigenvalue weighted by atomic mass is 79.9. The summed E-state index contributed by atoms with van der Waals surface area (Å²) in [7, 11) is 1.11. The molecule has 0 radical (unpaired) electrons. The zero-order chi connectivity index (χ0) is 8.20. The van der Waals surface area contributed by atoms with Crippen molar-refractivity contribution in [2.45, 2.75) is 4.83 Å². The molecule has 2 nitrogen and oxygen atoms in total. The van der Waals surface area contributed by atoms with Crippen molar-refractivity contribution in [2.75, 3.05) is 7.11 Å². The maximum atomic E-state index is 11.8. The topological polar surface area (TPSA) is 26.3 Å². The number of allylic oxidation sites excluding steroid dienone is 1. The van der Waals surface area contributed by atoms with Crippen molar-refractivity contribution in [1.82, 2.24) is 0 Å². The first kappa shape index (κ1) is 9.55. The molecule has 10 heavy (non-hydrogen) atoms. The quantitative estimate of drug-likeness (QED) is 0.398. The van der Waals surface area contributed by atoms with Crippen LogP contribution in [0.5, 0.6) is 0 Å². The third-order valence-electron chi connectivity index (χ3n) is 0.610. The van der Waals surface area contributed by atoms with Crippen LogP contribution in [0.4, 0.5) is 8.78 Å². The van der Waals surface area contributed by atoms with E-state index in [9.17, 15) is 13.6 Å². The molecule has 0 fully saturated rings. The van der Waals surface area contributed by atoms with Gasteiger partial charge < -0.3 is 4.74 Å². The summed E-state index contributed by atoms with van der Waals surface area (Å²) in [6, 6.07) is 0. The molecule has 0 spiro atoms. The number of ether oxygens (including phenoxy) is 1. The van der Waals surface area contributed by atoms with E-state index in [1.807, 2.05) is 15.9 Å². The molecule has 0 amide bonds. The number of hydrogen-bond donors (Lipinski definition) is 0. The van der Waals surface area contributed by atoms with Crippen LogP contribution in [0.2, 0.25) is 0 Å². The van der Waals surface area contributed by atoms with Crippen molar-refractivity contribution in [3.8, 4) is 0 Å². The van der Waals surface area contributed by atoms with E-state index >= 15 is 0 Å². The minimum absolute atomic E-state index is 0.402. The second-order valence-corrected chi connectivity index (χ2v) is 2.46. The molecule has 0 bridgehead atoms. The Labute approximate surface area is 65.0 Å². The van der Waals surface area contributed by atoms with Crippen LogP contribution in [0.25, 0.3) is 0 Å². The van der Waals surface area contributed by atoms with Gasteiger partial charge in [-0.25, -0.2) is 4.79 Å². The van der Waals surface area contributed by atoms with Crippen LogP contribution in [0.1, 0.15) is 0 Å². The molecular weight excluding hydrogens is 210 g/mol. The van der Waals surface area contributed by atoms with E-state index in [0.717, 1.165) is 7.11 Å². The third-order valence-corrected chi connectivity index (χ3v) is 0.874. The number of methoxy groups -OCH3 is 1. The molecular formula is C5H5BrF2O2. The summed E-state index contributed by atoms with van der Waals surface area (Å²) in [4.78, 5) is 7.06. The van der Waals surface area contributed by atoms with E-state index in [1.54, 1.807) is 0 Å². The van der Waals surface area contributed by atoms with E-state index in [0.29, 0.717) is 12.2 Å². The molecule has 0 N–H and O–H groups in total. The second-order valence-electron chi connectivity index (χ2n) is 1.40. The Hall–Kier alpha value is -0.450. The van der Waals surface area contributed by atoms with Gasteiger partial charge in [0, 0.05) is 12.2 Å². The van der Waals surface area contributed by atoms with Gasteiger partial charge in [0.25, 0.3) is 0 Å². The summed E-state index contributed by atoms with van der Waals surface area (Å²) in [6.07, 6.45) is 1.05. The van der Waals surface area contributed by atoms with Gasteiger partial charge in [0.1, 0.15) is 0 Å². The normalized spacial score (nSPS) is 12.0. The van der Waals surface area contributed by atoms with Crippen LogP contribution < -0.4 is 0 Å². The molecule has 0 aliphatic rings. The average Bonchev–Trinajstić information content (AvgIpc) is 1.81. The fourth-order valence-corrected chi connectivity index (χ4v) is 0.363. The van der Waals surface area contributed by atoms with Crippen LogP contribution in [-0.2, 0) is 9.53 Å². The van der Waals surface area contributed by atoms with Crippen molar-refractivity contribution in [1.29, 1.82) is 0 Å². The van der Waals surface area contributed by atoms with Gasteiger partial charge in [0.15, 0.2) is 0 Å². The van der Waals surface area contributed by atoms with Crippen molar-refractivity contribution in [3.05, 3.63) is 12.2 Å². The predicted molar refractivity (Wildman–Crippen MR) is 35.0 cm³/mol. The summed E-state index contributed by atoms with van der Waals surface area (Å²) in [6.45, 7) is 0. The van der Waals surface area contributed by atoms with E-state index in [1.165, 1.54) is 0 Å². The fourth-order valence-electron chi connectivity index (χ4n) is 0.231. The summed E-state index contributed by atoms with van der Waals surface area (Å²) in [5.74, 6) is -0.806. The molecule has 0 rings (SSSR count). The van der Waals surface area contributed by atoms with Crippen molar-refractivity contribution in [3.63, 3.8) is 0 Å². The number of hydrogen-bond acceptors (Lipinski definition) is 2.